The van der Waals surface area contributed by atoms with Gasteiger partial charge in [0.15, 0.2) is 0 Å². The summed E-state index contributed by atoms with van der Waals surface area (Å²) < 4.78 is 10.5. The standard InChI is InChI=1S/C16H24N2O3/c1-12-11-17-6-7-18(12)16(19)5-4-13-8-14(20-2)10-15(9-13)21-3/h8-10,12,17H,4-7,11H2,1-3H3. The molecule has 1 amide bonds. The Kier molecular flexibility index (Phi) is 5.44. The number of hydrogen-bond acceptors (Lipinski definition) is 4. The first-order valence-corrected chi connectivity index (χ1v) is 7.36. The van der Waals surface area contributed by atoms with E-state index in [2.05, 4.69) is 12.2 Å². The smallest absolute Gasteiger partial charge is 0.223 e. The summed E-state index contributed by atoms with van der Waals surface area (Å²) in [5.41, 5.74) is 1.06. The van der Waals surface area contributed by atoms with Crippen LogP contribution in [-0.2, 0) is 11.2 Å². The van der Waals surface area contributed by atoms with Crippen LogP contribution in [0, 0.1) is 0 Å². The average molecular weight is 292 g/mol. The molecule has 1 aromatic carbocycles. The normalized spacial score (nSPS) is 18.4. The quantitative estimate of drug-likeness (QED) is 0.892. The van der Waals surface area contributed by atoms with Crippen LogP contribution in [0.15, 0.2) is 18.2 Å². The molecule has 1 heterocycles. The number of piperazine rings is 1. The summed E-state index contributed by atoms with van der Waals surface area (Å²) >= 11 is 0. The number of nitrogens with zero attached hydrogens (tertiary/aromatic N) is 1. The van der Waals surface area contributed by atoms with E-state index in [-0.39, 0.29) is 11.9 Å². The molecular weight excluding hydrogens is 268 g/mol. The summed E-state index contributed by atoms with van der Waals surface area (Å²) in [7, 11) is 3.26. The number of benzene rings is 1. The lowest BCUT2D eigenvalue weighted by Gasteiger charge is -2.34. The first-order chi connectivity index (χ1) is 10.1. The van der Waals surface area contributed by atoms with Crippen LogP contribution in [0.25, 0.3) is 0 Å². The predicted molar refractivity (Wildman–Crippen MR) is 81.9 cm³/mol. The number of carbonyl (C=O) groups is 1. The number of carbonyl (C=O) groups excluding carboxylic acids is 1. The van der Waals surface area contributed by atoms with E-state index in [1.165, 1.54) is 0 Å². The maximum absolute atomic E-state index is 12.3. The molecule has 0 radical (unpaired) electrons. The SMILES string of the molecule is COc1cc(CCC(=O)N2CCNCC2C)cc(OC)c1. The first-order valence-electron chi connectivity index (χ1n) is 7.36. The number of rotatable bonds is 5. The lowest BCUT2D eigenvalue weighted by Crippen LogP contribution is -2.52. The first kappa shape index (κ1) is 15.6. The highest BCUT2D eigenvalue weighted by Gasteiger charge is 2.22. The molecule has 1 aromatic rings. The van der Waals surface area contributed by atoms with E-state index >= 15 is 0 Å². The van der Waals surface area contributed by atoms with Crippen molar-refractivity contribution in [3.8, 4) is 11.5 Å². The second-order valence-corrected chi connectivity index (χ2v) is 5.36. The Morgan fingerprint density at radius 2 is 1.95 bits per heavy atom. The number of methoxy groups -OCH3 is 2. The van der Waals surface area contributed by atoms with Gasteiger partial charge in [-0.3, -0.25) is 4.79 Å². The van der Waals surface area contributed by atoms with Crippen LogP contribution in [0.2, 0.25) is 0 Å². The Hall–Kier alpha value is -1.75. The van der Waals surface area contributed by atoms with Crippen LogP contribution in [0.4, 0.5) is 0 Å². The molecule has 21 heavy (non-hydrogen) atoms. The molecule has 116 valence electrons. The van der Waals surface area contributed by atoms with Crippen molar-refractivity contribution >= 4 is 5.91 Å². The molecule has 1 aliphatic rings. The van der Waals surface area contributed by atoms with Crippen molar-refractivity contribution in [2.24, 2.45) is 0 Å². The molecule has 2 rings (SSSR count). The van der Waals surface area contributed by atoms with E-state index in [0.29, 0.717) is 12.8 Å². The van der Waals surface area contributed by atoms with Gasteiger partial charge in [0.05, 0.1) is 14.2 Å². The molecule has 1 fully saturated rings. The topological polar surface area (TPSA) is 50.8 Å². The molecule has 1 aliphatic heterocycles. The molecule has 1 N–H and O–H groups in total. The molecule has 0 aliphatic carbocycles. The highest BCUT2D eigenvalue weighted by molar-refractivity contribution is 5.77. The fraction of sp³-hybridized carbons (Fsp3) is 0.562. The highest BCUT2D eigenvalue weighted by atomic mass is 16.5. The fourth-order valence-electron chi connectivity index (χ4n) is 2.62. The minimum Gasteiger partial charge on any atom is -0.497 e. The van der Waals surface area contributed by atoms with Gasteiger partial charge in [0, 0.05) is 38.2 Å². The van der Waals surface area contributed by atoms with Gasteiger partial charge in [0.1, 0.15) is 11.5 Å². The van der Waals surface area contributed by atoms with Gasteiger partial charge in [-0.15, -0.1) is 0 Å². The number of ether oxygens (including phenoxy) is 2. The van der Waals surface area contributed by atoms with Crippen LogP contribution >= 0.6 is 0 Å². The van der Waals surface area contributed by atoms with Gasteiger partial charge < -0.3 is 19.7 Å². The van der Waals surface area contributed by atoms with Gasteiger partial charge in [-0.25, -0.2) is 0 Å². The van der Waals surface area contributed by atoms with Gasteiger partial charge in [-0.1, -0.05) is 0 Å². The number of hydrogen-bond donors (Lipinski definition) is 1. The third-order valence-electron chi connectivity index (χ3n) is 3.86. The van der Waals surface area contributed by atoms with Crippen LogP contribution in [0.3, 0.4) is 0 Å². The zero-order valence-electron chi connectivity index (χ0n) is 13.0. The molecule has 1 atom stereocenters. The van der Waals surface area contributed by atoms with Crippen LogP contribution in [0.5, 0.6) is 11.5 Å². The third kappa shape index (κ3) is 4.11. The van der Waals surface area contributed by atoms with Gasteiger partial charge in [0.2, 0.25) is 5.91 Å². The summed E-state index contributed by atoms with van der Waals surface area (Å²) in [6, 6.07) is 6.02. The Bertz CT molecular complexity index is 468. The van der Waals surface area contributed by atoms with Crippen molar-refractivity contribution in [3.63, 3.8) is 0 Å². The van der Waals surface area contributed by atoms with E-state index in [1.807, 2.05) is 23.1 Å². The van der Waals surface area contributed by atoms with Gasteiger partial charge >= 0.3 is 0 Å². The van der Waals surface area contributed by atoms with E-state index in [4.69, 9.17) is 9.47 Å². The van der Waals surface area contributed by atoms with E-state index in [0.717, 1.165) is 36.7 Å². The summed E-state index contributed by atoms with van der Waals surface area (Å²) in [5.74, 6) is 1.73. The molecule has 5 nitrogen and oxygen atoms in total. The lowest BCUT2D eigenvalue weighted by molar-refractivity contribution is -0.133. The molecule has 5 heteroatoms. The molecule has 1 unspecified atom stereocenters. The van der Waals surface area contributed by atoms with Crippen molar-refractivity contribution < 1.29 is 14.3 Å². The van der Waals surface area contributed by atoms with Crippen molar-refractivity contribution in [2.75, 3.05) is 33.9 Å². The molecule has 0 bridgehead atoms. The summed E-state index contributed by atoms with van der Waals surface area (Å²) in [4.78, 5) is 14.3. The van der Waals surface area contributed by atoms with Crippen molar-refractivity contribution in [1.82, 2.24) is 10.2 Å². The maximum Gasteiger partial charge on any atom is 0.223 e. The second kappa shape index (κ2) is 7.31. The maximum atomic E-state index is 12.3. The zero-order chi connectivity index (χ0) is 15.2. The fourth-order valence-corrected chi connectivity index (χ4v) is 2.62. The number of nitrogens with one attached hydrogen (secondary N) is 1. The van der Waals surface area contributed by atoms with Gasteiger partial charge in [-0.2, -0.15) is 0 Å². The summed E-state index contributed by atoms with van der Waals surface area (Å²) in [5, 5.41) is 3.30. The summed E-state index contributed by atoms with van der Waals surface area (Å²) in [6.07, 6.45) is 1.21. The third-order valence-corrected chi connectivity index (χ3v) is 3.86. The number of amides is 1. The highest BCUT2D eigenvalue weighted by Crippen LogP contribution is 2.23. The Balaban J connectivity index is 1.97. The van der Waals surface area contributed by atoms with E-state index in [9.17, 15) is 4.79 Å². The largest absolute Gasteiger partial charge is 0.497 e. The van der Waals surface area contributed by atoms with E-state index < -0.39 is 0 Å². The molecule has 0 spiro atoms. The molecule has 1 saturated heterocycles. The van der Waals surface area contributed by atoms with Gasteiger partial charge in [-0.05, 0) is 31.0 Å². The van der Waals surface area contributed by atoms with Crippen molar-refractivity contribution in [1.29, 1.82) is 0 Å². The molecule has 0 aromatic heterocycles. The van der Waals surface area contributed by atoms with E-state index in [1.54, 1.807) is 14.2 Å². The van der Waals surface area contributed by atoms with Crippen molar-refractivity contribution in [2.45, 2.75) is 25.8 Å². The minimum absolute atomic E-state index is 0.214. The number of aryl methyl sites for hydroxylation is 1. The molecule has 0 saturated carbocycles. The Labute approximate surface area is 126 Å². The van der Waals surface area contributed by atoms with Crippen LogP contribution in [-0.4, -0.2) is 50.7 Å². The summed E-state index contributed by atoms with van der Waals surface area (Å²) in [6.45, 7) is 4.63. The predicted octanol–water partition coefficient (Wildman–Crippen LogP) is 1.46. The monoisotopic (exact) mass is 292 g/mol. The molecular formula is C16H24N2O3. The zero-order valence-corrected chi connectivity index (χ0v) is 13.0. The van der Waals surface area contributed by atoms with Crippen LogP contribution < -0.4 is 14.8 Å². The lowest BCUT2D eigenvalue weighted by atomic mass is 10.1. The van der Waals surface area contributed by atoms with Gasteiger partial charge in [0.25, 0.3) is 0 Å². The Morgan fingerprint density at radius 3 is 2.52 bits per heavy atom. The van der Waals surface area contributed by atoms with Crippen molar-refractivity contribution in [3.05, 3.63) is 23.8 Å². The average Bonchev–Trinajstić information content (AvgIpc) is 2.52. The minimum atomic E-state index is 0.214. The Morgan fingerprint density at radius 1 is 1.29 bits per heavy atom. The second-order valence-electron chi connectivity index (χ2n) is 5.36. The van der Waals surface area contributed by atoms with Crippen LogP contribution in [0.1, 0.15) is 18.9 Å².